The summed E-state index contributed by atoms with van der Waals surface area (Å²) in [6.45, 7) is 1.66. The Morgan fingerprint density at radius 1 is 1.37 bits per heavy atom. The van der Waals surface area contributed by atoms with E-state index in [0.29, 0.717) is 12.8 Å². The Bertz CT molecular complexity index is 625. The molecule has 1 aromatic heterocycles. The van der Waals surface area contributed by atoms with Crippen LogP contribution >= 0.6 is 0 Å². The predicted molar refractivity (Wildman–Crippen MR) is 61.4 cm³/mol. The highest BCUT2D eigenvalue weighted by Gasteiger charge is 2.42. The number of nitrogens with zero attached hydrogens (tertiary/aromatic N) is 3. The first-order valence-corrected chi connectivity index (χ1v) is 5.91. The number of rotatable bonds is 1. The van der Waals surface area contributed by atoms with E-state index in [1.165, 1.54) is 16.8 Å². The summed E-state index contributed by atoms with van der Waals surface area (Å²) in [4.78, 5) is 0. The molecule has 1 aromatic carbocycles. The minimum absolute atomic E-state index is 0.00417. The zero-order valence-electron chi connectivity index (χ0n) is 10.1. The van der Waals surface area contributed by atoms with E-state index in [4.69, 9.17) is 0 Å². The van der Waals surface area contributed by atoms with Gasteiger partial charge >= 0.3 is 6.18 Å². The average molecular weight is 271 g/mol. The van der Waals surface area contributed by atoms with Gasteiger partial charge in [0.2, 0.25) is 0 Å². The van der Waals surface area contributed by atoms with Crippen molar-refractivity contribution in [2.45, 2.75) is 37.6 Å². The van der Waals surface area contributed by atoms with Gasteiger partial charge in [-0.25, -0.2) is 4.68 Å². The smallest absolute Gasteiger partial charge is 0.390 e. The predicted octanol–water partition coefficient (Wildman–Crippen LogP) is 2.54. The molecule has 0 unspecified atom stereocenters. The fourth-order valence-corrected chi connectivity index (χ4v) is 2.61. The highest BCUT2D eigenvalue weighted by atomic mass is 19.4. The fourth-order valence-electron chi connectivity index (χ4n) is 2.61. The van der Waals surface area contributed by atoms with Crippen LogP contribution in [0.4, 0.5) is 13.2 Å². The average Bonchev–Trinajstić information content (AvgIpc) is 2.67. The molecule has 0 aliphatic heterocycles. The van der Waals surface area contributed by atoms with Gasteiger partial charge in [-0.15, -0.1) is 5.10 Å². The van der Waals surface area contributed by atoms with Gasteiger partial charge in [0.05, 0.1) is 17.2 Å². The van der Waals surface area contributed by atoms with Gasteiger partial charge in [-0.2, -0.15) is 13.2 Å². The van der Waals surface area contributed by atoms with E-state index < -0.39 is 17.3 Å². The van der Waals surface area contributed by atoms with Crippen molar-refractivity contribution in [3.05, 3.63) is 23.8 Å². The van der Waals surface area contributed by atoms with Crippen LogP contribution in [-0.4, -0.2) is 25.7 Å². The number of benzene rings is 1. The number of aliphatic hydroxyl groups is 1. The third kappa shape index (κ3) is 1.98. The molecule has 1 fully saturated rings. The molecule has 1 aliphatic rings. The topological polar surface area (TPSA) is 50.9 Å². The lowest BCUT2D eigenvalue weighted by Gasteiger charge is -2.40. The Hall–Kier alpha value is -1.63. The second kappa shape index (κ2) is 3.69. The van der Waals surface area contributed by atoms with Crippen molar-refractivity contribution in [1.29, 1.82) is 0 Å². The molecule has 7 heteroatoms. The van der Waals surface area contributed by atoms with Gasteiger partial charge in [0.1, 0.15) is 11.0 Å². The Kier molecular flexibility index (Phi) is 2.41. The molecule has 102 valence electrons. The second-order valence-electron chi connectivity index (χ2n) is 5.26. The first-order valence-electron chi connectivity index (χ1n) is 5.91. The number of para-hydroxylation sites is 1. The van der Waals surface area contributed by atoms with Crippen LogP contribution in [0.25, 0.3) is 11.0 Å². The van der Waals surface area contributed by atoms with Gasteiger partial charge in [0, 0.05) is 0 Å². The molecule has 19 heavy (non-hydrogen) atoms. The van der Waals surface area contributed by atoms with E-state index in [0.717, 1.165) is 6.07 Å². The molecule has 1 saturated carbocycles. The first kappa shape index (κ1) is 12.4. The van der Waals surface area contributed by atoms with Gasteiger partial charge in [-0.1, -0.05) is 11.3 Å². The van der Waals surface area contributed by atoms with Crippen LogP contribution < -0.4 is 0 Å². The fraction of sp³-hybridized carbons (Fsp3) is 0.500. The highest BCUT2D eigenvalue weighted by molar-refractivity contribution is 5.78. The minimum Gasteiger partial charge on any atom is -0.390 e. The summed E-state index contributed by atoms with van der Waals surface area (Å²) in [5.41, 5.74) is -1.34. The molecule has 0 spiro atoms. The van der Waals surface area contributed by atoms with Gasteiger partial charge in [-0.05, 0) is 31.9 Å². The standard InChI is InChI=1S/C12H12F3N3O/c1-11(19)5-7(6-11)18-10-8(12(13,14)15)3-2-4-9(10)16-17-18/h2-4,7,19H,5-6H2,1H3. The summed E-state index contributed by atoms with van der Waals surface area (Å²) in [5.74, 6) is 0. The van der Waals surface area contributed by atoms with E-state index in [2.05, 4.69) is 10.3 Å². The van der Waals surface area contributed by atoms with Crippen molar-refractivity contribution in [3.63, 3.8) is 0 Å². The molecule has 0 amide bonds. The molecule has 3 rings (SSSR count). The lowest BCUT2D eigenvalue weighted by molar-refractivity contribution is -0.136. The number of fused-ring (bicyclic) bond motifs is 1. The van der Waals surface area contributed by atoms with Crippen LogP contribution in [0.3, 0.4) is 0 Å². The summed E-state index contributed by atoms with van der Waals surface area (Å²) in [7, 11) is 0. The van der Waals surface area contributed by atoms with Crippen LogP contribution in [-0.2, 0) is 6.18 Å². The molecule has 0 atom stereocenters. The SMILES string of the molecule is CC1(O)CC(n2nnc3cccc(C(F)(F)F)c32)C1. The minimum atomic E-state index is -4.44. The molecule has 4 nitrogen and oxygen atoms in total. The van der Waals surface area contributed by atoms with Crippen molar-refractivity contribution in [2.24, 2.45) is 0 Å². The Morgan fingerprint density at radius 2 is 2.05 bits per heavy atom. The third-order valence-corrected chi connectivity index (χ3v) is 3.49. The van der Waals surface area contributed by atoms with Crippen LogP contribution in [0, 0.1) is 0 Å². The van der Waals surface area contributed by atoms with Crippen LogP contribution in [0.1, 0.15) is 31.4 Å². The van der Waals surface area contributed by atoms with Crippen molar-refractivity contribution in [2.75, 3.05) is 0 Å². The normalized spacial score (nSPS) is 27.5. The van der Waals surface area contributed by atoms with Crippen molar-refractivity contribution in [3.8, 4) is 0 Å². The monoisotopic (exact) mass is 271 g/mol. The number of alkyl halides is 3. The lowest BCUT2D eigenvalue weighted by atomic mass is 9.77. The van der Waals surface area contributed by atoms with Crippen molar-refractivity contribution < 1.29 is 18.3 Å². The quantitative estimate of drug-likeness (QED) is 0.867. The summed E-state index contributed by atoms with van der Waals surface area (Å²) in [6.07, 6.45) is -3.67. The maximum Gasteiger partial charge on any atom is 0.418 e. The molecular weight excluding hydrogens is 259 g/mol. The lowest BCUT2D eigenvalue weighted by Crippen LogP contribution is -2.42. The van der Waals surface area contributed by atoms with Crippen LogP contribution in [0.2, 0.25) is 0 Å². The molecule has 2 aromatic rings. The van der Waals surface area contributed by atoms with E-state index in [1.54, 1.807) is 6.92 Å². The van der Waals surface area contributed by atoms with Crippen molar-refractivity contribution in [1.82, 2.24) is 15.0 Å². The van der Waals surface area contributed by atoms with Gasteiger partial charge in [0.15, 0.2) is 0 Å². The number of aromatic nitrogens is 3. The third-order valence-electron chi connectivity index (χ3n) is 3.49. The van der Waals surface area contributed by atoms with Crippen molar-refractivity contribution >= 4 is 11.0 Å². The maximum absolute atomic E-state index is 13.0. The summed E-state index contributed by atoms with van der Waals surface area (Å²) < 4.78 is 40.3. The van der Waals surface area contributed by atoms with E-state index >= 15 is 0 Å². The van der Waals surface area contributed by atoms with Gasteiger partial charge < -0.3 is 5.11 Å². The van der Waals surface area contributed by atoms with Crippen LogP contribution in [0.5, 0.6) is 0 Å². The van der Waals surface area contributed by atoms with E-state index in [1.807, 2.05) is 0 Å². The molecule has 0 radical (unpaired) electrons. The van der Waals surface area contributed by atoms with Gasteiger partial charge in [-0.3, -0.25) is 0 Å². The number of hydrogen-bond acceptors (Lipinski definition) is 3. The largest absolute Gasteiger partial charge is 0.418 e. The Morgan fingerprint density at radius 3 is 2.63 bits per heavy atom. The number of hydrogen-bond donors (Lipinski definition) is 1. The highest BCUT2D eigenvalue weighted by Crippen LogP contribution is 2.43. The maximum atomic E-state index is 13.0. The van der Waals surface area contributed by atoms with Crippen LogP contribution in [0.15, 0.2) is 18.2 Å². The second-order valence-corrected chi connectivity index (χ2v) is 5.26. The first-order chi connectivity index (χ1) is 8.78. The molecule has 0 saturated heterocycles. The molecule has 1 N–H and O–H groups in total. The zero-order chi connectivity index (χ0) is 13.8. The van der Waals surface area contributed by atoms with Gasteiger partial charge in [0.25, 0.3) is 0 Å². The summed E-state index contributed by atoms with van der Waals surface area (Å²) >= 11 is 0. The molecule has 0 bridgehead atoms. The summed E-state index contributed by atoms with van der Waals surface area (Å²) in [5, 5.41) is 17.3. The molecular formula is C12H12F3N3O. The Labute approximate surface area is 106 Å². The summed E-state index contributed by atoms with van der Waals surface area (Å²) in [6, 6.07) is 3.62. The molecule has 1 aliphatic carbocycles. The zero-order valence-corrected chi connectivity index (χ0v) is 10.1. The molecule has 1 heterocycles. The van der Waals surface area contributed by atoms with E-state index in [9.17, 15) is 18.3 Å². The number of halogens is 3. The Balaban J connectivity index is 2.12. The van der Waals surface area contributed by atoms with E-state index in [-0.39, 0.29) is 17.1 Å².